The second-order valence-electron chi connectivity index (χ2n) is 6.93. The van der Waals surface area contributed by atoms with E-state index in [1.807, 2.05) is 6.07 Å². The third kappa shape index (κ3) is 3.44. The number of likely N-dealkylation sites (N-methyl/N-ethyl adjacent to an activating group) is 1. The minimum Gasteiger partial charge on any atom is -0.485 e. The van der Waals surface area contributed by atoms with Gasteiger partial charge in [-0.05, 0) is 41.5 Å². The molecule has 0 bridgehead atoms. The largest absolute Gasteiger partial charge is 0.485 e. The molecule has 1 heterocycles. The van der Waals surface area contributed by atoms with Crippen LogP contribution in [0.25, 0.3) is 10.8 Å². The van der Waals surface area contributed by atoms with E-state index in [0.29, 0.717) is 0 Å². The summed E-state index contributed by atoms with van der Waals surface area (Å²) in [6, 6.07) is 21.5. The Morgan fingerprint density at radius 2 is 1.96 bits per heavy atom. The quantitative estimate of drug-likeness (QED) is 0.643. The van der Waals surface area contributed by atoms with Crippen molar-refractivity contribution in [3.8, 4) is 5.75 Å². The first-order valence-corrected chi connectivity index (χ1v) is 9.79. The molecule has 1 N–H and O–H groups in total. The van der Waals surface area contributed by atoms with Crippen molar-refractivity contribution in [3.05, 3.63) is 70.7 Å². The summed E-state index contributed by atoms with van der Waals surface area (Å²) in [5.41, 5.74) is 2.47. The number of ether oxygens (including phenoxy) is 1. The maximum absolute atomic E-state index is 6.22. The average Bonchev–Trinajstić information content (AvgIpc) is 2.65. The number of hydrogen-bond acceptors (Lipinski definition) is 3. The molecule has 4 heteroatoms. The van der Waals surface area contributed by atoms with Gasteiger partial charge in [0.1, 0.15) is 11.9 Å². The Labute approximate surface area is 163 Å². The van der Waals surface area contributed by atoms with Gasteiger partial charge in [0.2, 0.25) is 0 Å². The fraction of sp³-hybridized carbons (Fsp3) is 0.273. The molecule has 3 aromatic carbocycles. The van der Waals surface area contributed by atoms with Gasteiger partial charge < -0.3 is 15.0 Å². The van der Waals surface area contributed by atoms with Crippen molar-refractivity contribution in [3.63, 3.8) is 0 Å². The van der Waals surface area contributed by atoms with Crippen LogP contribution >= 0.6 is 15.9 Å². The van der Waals surface area contributed by atoms with Gasteiger partial charge >= 0.3 is 0 Å². The predicted molar refractivity (Wildman–Crippen MR) is 112 cm³/mol. The molecule has 0 radical (unpaired) electrons. The smallest absolute Gasteiger partial charge is 0.144 e. The highest BCUT2D eigenvalue weighted by Gasteiger charge is 2.24. The molecule has 0 aliphatic carbocycles. The first-order chi connectivity index (χ1) is 12.6. The third-order valence-electron chi connectivity index (χ3n) is 5.05. The summed E-state index contributed by atoms with van der Waals surface area (Å²) in [5, 5.41) is 6.26. The van der Waals surface area contributed by atoms with E-state index in [-0.39, 0.29) is 12.1 Å². The van der Waals surface area contributed by atoms with E-state index < -0.39 is 0 Å². The molecule has 2 unspecified atom stereocenters. The Kier molecular flexibility index (Phi) is 4.88. The zero-order valence-electron chi connectivity index (χ0n) is 15.1. The molecule has 2 atom stereocenters. The van der Waals surface area contributed by atoms with E-state index in [2.05, 4.69) is 94.7 Å². The Balaban J connectivity index is 1.47. The molecule has 0 spiro atoms. The SMILES string of the molecule is CC(NCC1CN(C)c2ccc(Br)cc2O1)c1cccc2ccccc12. The van der Waals surface area contributed by atoms with Gasteiger partial charge in [0.15, 0.2) is 0 Å². The molecular formula is C22H23BrN2O. The summed E-state index contributed by atoms with van der Waals surface area (Å²) in [6.45, 7) is 3.91. The van der Waals surface area contributed by atoms with Crippen LogP contribution in [0.4, 0.5) is 5.69 Å². The van der Waals surface area contributed by atoms with Gasteiger partial charge in [0.25, 0.3) is 0 Å². The van der Waals surface area contributed by atoms with Gasteiger partial charge in [0.05, 0.1) is 12.2 Å². The summed E-state index contributed by atoms with van der Waals surface area (Å²) in [4.78, 5) is 2.26. The van der Waals surface area contributed by atoms with Crippen LogP contribution in [0.15, 0.2) is 65.1 Å². The lowest BCUT2D eigenvalue weighted by atomic mass is 9.99. The fourth-order valence-corrected chi connectivity index (χ4v) is 4.01. The van der Waals surface area contributed by atoms with E-state index in [1.54, 1.807) is 0 Å². The molecule has 3 aromatic rings. The lowest BCUT2D eigenvalue weighted by Crippen LogP contribution is -2.44. The number of nitrogens with zero attached hydrogens (tertiary/aromatic N) is 1. The first kappa shape index (κ1) is 17.4. The number of halogens is 1. The number of hydrogen-bond donors (Lipinski definition) is 1. The number of rotatable bonds is 4. The van der Waals surface area contributed by atoms with E-state index in [9.17, 15) is 0 Å². The fourth-order valence-electron chi connectivity index (χ4n) is 3.67. The van der Waals surface area contributed by atoms with Gasteiger partial charge in [-0.3, -0.25) is 0 Å². The standard InChI is InChI=1S/C22H23BrN2O/c1-15(19-9-5-7-16-6-3-4-8-20(16)19)24-13-18-14-25(2)21-11-10-17(23)12-22(21)26-18/h3-12,15,18,24H,13-14H2,1-2H3. The summed E-state index contributed by atoms with van der Waals surface area (Å²) < 4.78 is 7.27. The van der Waals surface area contributed by atoms with Crippen LogP contribution in [-0.2, 0) is 0 Å². The molecule has 0 amide bonds. The molecule has 4 rings (SSSR count). The zero-order chi connectivity index (χ0) is 18.1. The monoisotopic (exact) mass is 410 g/mol. The second kappa shape index (κ2) is 7.29. The maximum atomic E-state index is 6.22. The molecule has 1 aliphatic rings. The molecule has 3 nitrogen and oxygen atoms in total. The van der Waals surface area contributed by atoms with E-state index in [4.69, 9.17) is 4.74 Å². The highest BCUT2D eigenvalue weighted by Crippen LogP contribution is 2.35. The Morgan fingerprint density at radius 3 is 2.85 bits per heavy atom. The van der Waals surface area contributed by atoms with Crippen LogP contribution in [-0.4, -0.2) is 26.2 Å². The molecule has 26 heavy (non-hydrogen) atoms. The van der Waals surface area contributed by atoms with Crippen molar-refractivity contribution in [2.24, 2.45) is 0 Å². The maximum Gasteiger partial charge on any atom is 0.144 e. The van der Waals surface area contributed by atoms with Gasteiger partial charge in [-0.2, -0.15) is 0 Å². The van der Waals surface area contributed by atoms with Crippen molar-refractivity contribution >= 4 is 32.4 Å². The van der Waals surface area contributed by atoms with Crippen molar-refractivity contribution in [1.29, 1.82) is 0 Å². The number of anilines is 1. The van der Waals surface area contributed by atoms with Crippen LogP contribution in [0.5, 0.6) is 5.75 Å². The predicted octanol–water partition coefficient (Wildman–Crippen LogP) is 5.15. The van der Waals surface area contributed by atoms with Crippen molar-refractivity contribution in [2.45, 2.75) is 19.1 Å². The highest BCUT2D eigenvalue weighted by atomic mass is 79.9. The van der Waals surface area contributed by atoms with E-state index in [1.165, 1.54) is 16.3 Å². The molecular weight excluding hydrogens is 388 g/mol. The van der Waals surface area contributed by atoms with Crippen LogP contribution < -0.4 is 15.0 Å². The van der Waals surface area contributed by atoms with Crippen LogP contribution in [0.3, 0.4) is 0 Å². The van der Waals surface area contributed by atoms with Crippen molar-refractivity contribution in [2.75, 3.05) is 25.0 Å². The second-order valence-corrected chi connectivity index (χ2v) is 7.85. The molecule has 134 valence electrons. The van der Waals surface area contributed by atoms with Crippen LogP contribution in [0.1, 0.15) is 18.5 Å². The third-order valence-corrected chi connectivity index (χ3v) is 5.54. The molecule has 0 fully saturated rings. The topological polar surface area (TPSA) is 24.5 Å². The normalized spacial score (nSPS) is 17.7. The van der Waals surface area contributed by atoms with Gasteiger partial charge in [-0.1, -0.05) is 58.4 Å². The van der Waals surface area contributed by atoms with Crippen LogP contribution in [0.2, 0.25) is 0 Å². The Bertz CT molecular complexity index is 922. The highest BCUT2D eigenvalue weighted by molar-refractivity contribution is 9.10. The lowest BCUT2D eigenvalue weighted by Gasteiger charge is -2.34. The molecule has 0 saturated carbocycles. The molecule has 1 aliphatic heterocycles. The first-order valence-electron chi connectivity index (χ1n) is 9.00. The summed E-state index contributed by atoms with van der Waals surface area (Å²) >= 11 is 3.53. The van der Waals surface area contributed by atoms with E-state index in [0.717, 1.165) is 29.0 Å². The summed E-state index contributed by atoms with van der Waals surface area (Å²) in [6.07, 6.45) is 0.124. The van der Waals surface area contributed by atoms with Gasteiger partial charge in [0, 0.05) is 24.1 Å². The lowest BCUT2D eigenvalue weighted by molar-refractivity contribution is 0.188. The summed E-state index contributed by atoms with van der Waals surface area (Å²) in [7, 11) is 2.12. The zero-order valence-corrected chi connectivity index (χ0v) is 16.7. The van der Waals surface area contributed by atoms with Crippen molar-refractivity contribution in [1.82, 2.24) is 5.32 Å². The van der Waals surface area contributed by atoms with Gasteiger partial charge in [-0.25, -0.2) is 0 Å². The minimum absolute atomic E-state index is 0.124. The Morgan fingerprint density at radius 1 is 1.15 bits per heavy atom. The number of fused-ring (bicyclic) bond motifs is 2. The number of benzene rings is 3. The minimum atomic E-state index is 0.124. The van der Waals surface area contributed by atoms with Crippen LogP contribution in [0, 0.1) is 0 Å². The summed E-state index contributed by atoms with van der Waals surface area (Å²) in [5.74, 6) is 0.942. The van der Waals surface area contributed by atoms with E-state index >= 15 is 0 Å². The number of nitrogens with one attached hydrogen (secondary N) is 1. The average molecular weight is 411 g/mol. The molecule has 0 saturated heterocycles. The molecule has 0 aromatic heterocycles. The Hall–Kier alpha value is -2.04. The van der Waals surface area contributed by atoms with Crippen molar-refractivity contribution < 1.29 is 4.74 Å². The van der Waals surface area contributed by atoms with Gasteiger partial charge in [-0.15, -0.1) is 0 Å².